The third-order valence-corrected chi connectivity index (χ3v) is 3.46. The first-order valence-electron chi connectivity index (χ1n) is 6.22. The number of hydrogen-bond acceptors (Lipinski definition) is 3. The van der Waals surface area contributed by atoms with E-state index in [1.54, 1.807) is 0 Å². The fourth-order valence-electron chi connectivity index (χ4n) is 2.17. The number of nitrogens with one attached hydrogen (secondary N) is 1. The lowest BCUT2D eigenvalue weighted by molar-refractivity contribution is 0.492. The third-order valence-electron chi connectivity index (χ3n) is 3.46. The number of rotatable bonds is 4. The molecule has 1 N–H and O–H groups in total. The summed E-state index contributed by atoms with van der Waals surface area (Å²) in [4.78, 5) is 0. The summed E-state index contributed by atoms with van der Waals surface area (Å²) < 4.78 is 3.73. The van der Waals surface area contributed by atoms with Crippen LogP contribution in [0.3, 0.4) is 0 Å². The smallest absolute Gasteiger partial charge is 0.0540 e. The molecule has 2 rings (SSSR count). The van der Waals surface area contributed by atoms with Crippen molar-refractivity contribution in [3.8, 4) is 0 Å². The monoisotopic (exact) mass is 247 g/mol. The van der Waals surface area contributed by atoms with Crippen molar-refractivity contribution < 1.29 is 0 Å². The summed E-state index contributed by atoms with van der Waals surface area (Å²) in [7, 11) is 3.90. The first kappa shape index (κ1) is 12.8. The summed E-state index contributed by atoms with van der Waals surface area (Å²) in [5, 5.41) is 12.1. The number of hydrogen-bond donors (Lipinski definition) is 1. The number of aromatic nitrogens is 4. The standard InChI is InChI=1S/C13H21N5/c1-9(12-6-14-17(4)8-12)16-10(2)13-7-15-18(5)11(13)3/h6-10,16H,1-5H3. The fraction of sp³-hybridized carbons (Fsp3) is 0.538. The van der Waals surface area contributed by atoms with Crippen LogP contribution in [0, 0.1) is 6.92 Å². The molecule has 2 aromatic heterocycles. The summed E-state index contributed by atoms with van der Waals surface area (Å²) in [5.41, 5.74) is 3.65. The van der Waals surface area contributed by atoms with Gasteiger partial charge in [-0.25, -0.2) is 0 Å². The van der Waals surface area contributed by atoms with Crippen molar-refractivity contribution in [3.05, 3.63) is 35.4 Å². The Bertz CT molecular complexity index is 525. The molecular formula is C13H21N5. The molecule has 5 nitrogen and oxygen atoms in total. The molecule has 2 aromatic rings. The molecule has 5 heteroatoms. The van der Waals surface area contributed by atoms with Gasteiger partial charge in [0.15, 0.2) is 0 Å². The minimum Gasteiger partial charge on any atom is -0.303 e. The van der Waals surface area contributed by atoms with Crippen LogP contribution in [0.2, 0.25) is 0 Å². The molecule has 0 fully saturated rings. The van der Waals surface area contributed by atoms with Gasteiger partial charge in [-0.3, -0.25) is 9.36 Å². The van der Waals surface area contributed by atoms with Gasteiger partial charge < -0.3 is 5.32 Å². The van der Waals surface area contributed by atoms with E-state index in [-0.39, 0.29) is 12.1 Å². The molecule has 0 aromatic carbocycles. The van der Waals surface area contributed by atoms with Crippen molar-refractivity contribution in [1.29, 1.82) is 0 Å². The molecule has 2 unspecified atom stereocenters. The molecule has 18 heavy (non-hydrogen) atoms. The zero-order valence-corrected chi connectivity index (χ0v) is 11.7. The van der Waals surface area contributed by atoms with E-state index in [9.17, 15) is 0 Å². The van der Waals surface area contributed by atoms with Crippen LogP contribution in [0.15, 0.2) is 18.6 Å². The van der Waals surface area contributed by atoms with Crippen molar-refractivity contribution in [1.82, 2.24) is 24.9 Å². The molecule has 0 radical (unpaired) electrons. The first-order valence-corrected chi connectivity index (χ1v) is 6.22. The van der Waals surface area contributed by atoms with Crippen molar-refractivity contribution in [2.45, 2.75) is 32.9 Å². The maximum Gasteiger partial charge on any atom is 0.0540 e. The van der Waals surface area contributed by atoms with Gasteiger partial charge in [0, 0.05) is 49.2 Å². The van der Waals surface area contributed by atoms with Gasteiger partial charge >= 0.3 is 0 Å². The Hall–Kier alpha value is -1.62. The highest BCUT2D eigenvalue weighted by molar-refractivity contribution is 5.20. The van der Waals surface area contributed by atoms with Crippen LogP contribution in [-0.2, 0) is 14.1 Å². The van der Waals surface area contributed by atoms with Gasteiger partial charge in [-0.2, -0.15) is 10.2 Å². The molecule has 0 saturated carbocycles. The summed E-state index contributed by atoms with van der Waals surface area (Å²) in [5.74, 6) is 0. The van der Waals surface area contributed by atoms with Gasteiger partial charge in [0.25, 0.3) is 0 Å². The van der Waals surface area contributed by atoms with Crippen molar-refractivity contribution in [3.63, 3.8) is 0 Å². The first-order chi connectivity index (χ1) is 8.49. The van der Waals surface area contributed by atoms with Gasteiger partial charge in [0.05, 0.1) is 12.4 Å². The lowest BCUT2D eigenvalue weighted by atomic mass is 10.1. The molecule has 0 aliphatic heterocycles. The Morgan fingerprint density at radius 2 is 1.83 bits per heavy atom. The van der Waals surface area contributed by atoms with Crippen LogP contribution in [0.25, 0.3) is 0 Å². The highest BCUT2D eigenvalue weighted by atomic mass is 15.3. The Labute approximate surface area is 108 Å². The Kier molecular flexibility index (Phi) is 3.52. The number of nitrogens with zero attached hydrogens (tertiary/aromatic N) is 4. The molecule has 2 heterocycles. The van der Waals surface area contributed by atoms with E-state index in [0.717, 1.165) is 0 Å². The van der Waals surface area contributed by atoms with E-state index < -0.39 is 0 Å². The van der Waals surface area contributed by atoms with Gasteiger partial charge in [0.2, 0.25) is 0 Å². The average Bonchev–Trinajstić information content (AvgIpc) is 2.87. The van der Waals surface area contributed by atoms with Gasteiger partial charge in [0.1, 0.15) is 0 Å². The SMILES string of the molecule is Cc1c(C(C)NC(C)c2cnn(C)c2)cnn1C. The van der Waals surface area contributed by atoms with E-state index in [1.165, 1.54) is 16.8 Å². The van der Waals surface area contributed by atoms with Crippen molar-refractivity contribution >= 4 is 0 Å². The maximum atomic E-state index is 4.28. The Balaban J connectivity index is 2.07. The predicted molar refractivity (Wildman–Crippen MR) is 71.1 cm³/mol. The van der Waals surface area contributed by atoms with E-state index >= 15 is 0 Å². The van der Waals surface area contributed by atoms with Gasteiger partial charge in [-0.15, -0.1) is 0 Å². The topological polar surface area (TPSA) is 47.7 Å². The maximum absolute atomic E-state index is 4.28. The van der Waals surface area contributed by atoms with Gasteiger partial charge in [-0.05, 0) is 20.8 Å². The second-order valence-electron chi connectivity index (χ2n) is 4.87. The van der Waals surface area contributed by atoms with Gasteiger partial charge in [-0.1, -0.05) is 0 Å². The quantitative estimate of drug-likeness (QED) is 0.897. The third kappa shape index (κ3) is 2.46. The summed E-state index contributed by atoms with van der Waals surface area (Å²) >= 11 is 0. The van der Waals surface area contributed by atoms with Crippen LogP contribution >= 0.6 is 0 Å². The highest BCUT2D eigenvalue weighted by Crippen LogP contribution is 2.20. The largest absolute Gasteiger partial charge is 0.303 e. The van der Waals surface area contributed by atoms with Crippen LogP contribution in [0.1, 0.15) is 42.8 Å². The Morgan fingerprint density at radius 1 is 1.11 bits per heavy atom. The number of aryl methyl sites for hydroxylation is 2. The lowest BCUT2D eigenvalue weighted by Gasteiger charge is -2.19. The Morgan fingerprint density at radius 3 is 2.33 bits per heavy atom. The highest BCUT2D eigenvalue weighted by Gasteiger charge is 2.15. The summed E-state index contributed by atoms with van der Waals surface area (Å²) in [6.45, 7) is 6.41. The van der Waals surface area contributed by atoms with Crippen LogP contribution in [-0.4, -0.2) is 19.6 Å². The molecule has 0 aliphatic carbocycles. The predicted octanol–water partition coefficient (Wildman–Crippen LogP) is 1.87. The van der Waals surface area contributed by atoms with Crippen molar-refractivity contribution in [2.24, 2.45) is 14.1 Å². The summed E-state index contributed by atoms with van der Waals surface area (Å²) in [6.07, 6.45) is 5.88. The van der Waals surface area contributed by atoms with Crippen LogP contribution in [0.4, 0.5) is 0 Å². The minimum atomic E-state index is 0.272. The molecule has 0 saturated heterocycles. The molecule has 2 atom stereocenters. The van der Waals surface area contributed by atoms with Crippen LogP contribution in [0.5, 0.6) is 0 Å². The molecular weight excluding hydrogens is 226 g/mol. The molecule has 0 spiro atoms. The zero-order valence-electron chi connectivity index (χ0n) is 11.7. The van der Waals surface area contributed by atoms with E-state index in [0.29, 0.717) is 0 Å². The normalized spacial score (nSPS) is 14.7. The van der Waals surface area contributed by atoms with E-state index in [4.69, 9.17) is 0 Å². The van der Waals surface area contributed by atoms with Crippen molar-refractivity contribution in [2.75, 3.05) is 0 Å². The molecule has 0 amide bonds. The molecule has 98 valence electrons. The van der Waals surface area contributed by atoms with Crippen LogP contribution < -0.4 is 5.32 Å². The van der Waals surface area contributed by atoms with E-state index in [2.05, 4.69) is 36.3 Å². The minimum absolute atomic E-state index is 0.272. The lowest BCUT2D eigenvalue weighted by Crippen LogP contribution is -2.22. The molecule has 0 aliphatic rings. The summed E-state index contributed by atoms with van der Waals surface area (Å²) in [6, 6.07) is 0.544. The average molecular weight is 247 g/mol. The van der Waals surface area contributed by atoms with E-state index in [1.807, 2.05) is 42.0 Å². The zero-order chi connectivity index (χ0) is 13.3. The second-order valence-corrected chi connectivity index (χ2v) is 4.87. The molecule has 0 bridgehead atoms. The second kappa shape index (κ2) is 4.94. The fourth-order valence-corrected chi connectivity index (χ4v) is 2.17.